The lowest BCUT2D eigenvalue weighted by Gasteiger charge is -2.18. The SMILES string of the molecule is [C-]#[N+]c1cc(CN2CC[C@@H](CC)C2)cc2nc(-c3cccc(-c4cccc(/C=C/c5cc(OC)c(CN6CC[C@@H](O)C6)cc5C)c4C)c3C)oc12. The minimum Gasteiger partial charge on any atom is -0.496 e. The van der Waals surface area contributed by atoms with Gasteiger partial charge in [-0.1, -0.05) is 61.9 Å². The van der Waals surface area contributed by atoms with Gasteiger partial charge in [-0.3, -0.25) is 9.80 Å². The molecular formula is C44H48N4O3. The van der Waals surface area contributed by atoms with Gasteiger partial charge < -0.3 is 14.3 Å². The number of aromatic nitrogens is 1. The second kappa shape index (κ2) is 14.9. The molecule has 4 aromatic carbocycles. The fourth-order valence-corrected chi connectivity index (χ4v) is 7.93. The smallest absolute Gasteiger partial charge is 0.231 e. The number of aliphatic hydroxyl groups is 1. The lowest BCUT2D eigenvalue weighted by molar-refractivity contribution is 0.174. The number of nitrogens with zero attached hydrogens (tertiary/aromatic N) is 4. The van der Waals surface area contributed by atoms with Crippen LogP contribution in [0, 0.1) is 33.3 Å². The number of likely N-dealkylation sites (tertiary alicyclic amines) is 2. The molecule has 7 nitrogen and oxygen atoms in total. The number of aryl methyl sites for hydroxylation is 1. The molecule has 0 spiro atoms. The van der Waals surface area contributed by atoms with Gasteiger partial charge in [-0.05, 0) is 115 Å². The summed E-state index contributed by atoms with van der Waals surface area (Å²) < 4.78 is 12.2. The number of methoxy groups -OCH3 is 1. The summed E-state index contributed by atoms with van der Waals surface area (Å²) in [5.74, 6) is 2.17. The van der Waals surface area contributed by atoms with Crippen LogP contribution in [0.5, 0.6) is 5.75 Å². The molecule has 1 N–H and O–H groups in total. The first-order valence-electron chi connectivity index (χ1n) is 18.2. The molecule has 0 unspecified atom stereocenters. The van der Waals surface area contributed by atoms with E-state index in [0.717, 1.165) is 101 Å². The number of oxazole rings is 1. The zero-order valence-electron chi connectivity index (χ0n) is 30.5. The molecule has 1 aromatic heterocycles. The lowest BCUT2D eigenvalue weighted by atomic mass is 9.91. The zero-order chi connectivity index (χ0) is 35.6. The quantitative estimate of drug-likeness (QED) is 0.117. The zero-order valence-corrected chi connectivity index (χ0v) is 30.5. The second-order valence-corrected chi connectivity index (χ2v) is 14.4. The maximum absolute atomic E-state index is 9.98. The van der Waals surface area contributed by atoms with E-state index in [-0.39, 0.29) is 6.10 Å². The van der Waals surface area contributed by atoms with Crippen LogP contribution in [0.15, 0.2) is 65.1 Å². The predicted octanol–water partition coefficient (Wildman–Crippen LogP) is 9.62. The van der Waals surface area contributed by atoms with Crippen molar-refractivity contribution in [2.75, 3.05) is 33.3 Å². The van der Waals surface area contributed by atoms with Gasteiger partial charge in [0.15, 0.2) is 5.58 Å². The lowest BCUT2D eigenvalue weighted by Crippen LogP contribution is -2.21. The number of ether oxygens (including phenoxy) is 1. The topological polar surface area (TPSA) is 66.3 Å². The Morgan fingerprint density at radius 2 is 1.63 bits per heavy atom. The molecule has 3 heterocycles. The highest BCUT2D eigenvalue weighted by Gasteiger charge is 2.24. The normalized spacial score (nSPS) is 18.3. The van der Waals surface area contributed by atoms with E-state index in [0.29, 0.717) is 23.7 Å². The monoisotopic (exact) mass is 680 g/mol. The average molecular weight is 681 g/mol. The van der Waals surface area contributed by atoms with Gasteiger partial charge in [0.1, 0.15) is 5.75 Å². The summed E-state index contributed by atoms with van der Waals surface area (Å²) in [7, 11) is 1.73. The van der Waals surface area contributed by atoms with Crippen molar-refractivity contribution in [1.29, 1.82) is 0 Å². The van der Waals surface area contributed by atoms with Gasteiger partial charge in [0.2, 0.25) is 11.6 Å². The molecule has 0 bridgehead atoms. The van der Waals surface area contributed by atoms with E-state index in [1.165, 1.54) is 24.0 Å². The van der Waals surface area contributed by atoms with E-state index in [1.54, 1.807) is 7.11 Å². The largest absolute Gasteiger partial charge is 0.496 e. The van der Waals surface area contributed by atoms with Crippen LogP contribution in [-0.2, 0) is 13.1 Å². The summed E-state index contributed by atoms with van der Waals surface area (Å²) in [6, 6.07) is 21.1. The average Bonchev–Trinajstić information content (AvgIpc) is 3.88. The van der Waals surface area contributed by atoms with Crippen molar-refractivity contribution in [1.82, 2.24) is 14.8 Å². The summed E-state index contributed by atoms with van der Waals surface area (Å²) in [6.07, 6.45) is 7.40. The minimum absolute atomic E-state index is 0.239. The van der Waals surface area contributed by atoms with Gasteiger partial charge in [0.05, 0.1) is 25.3 Å². The maximum atomic E-state index is 9.98. The Labute approximate surface area is 302 Å². The van der Waals surface area contributed by atoms with Crippen LogP contribution < -0.4 is 4.74 Å². The number of hydrogen-bond acceptors (Lipinski definition) is 6. The fraction of sp³-hybridized carbons (Fsp3) is 0.364. The van der Waals surface area contributed by atoms with Gasteiger partial charge >= 0.3 is 0 Å². The molecule has 262 valence electrons. The summed E-state index contributed by atoms with van der Waals surface area (Å²) >= 11 is 0. The van der Waals surface area contributed by atoms with Crippen molar-refractivity contribution >= 4 is 28.9 Å². The number of β-amino-alcohol motifs (C(OH)–C–C–N with tert-alkyl or cyclic N) is 1. The third-order valence-corrected chi connectivity index (χ3v) is 11.0. The van der Waals surface area contributed by atoms with Crippen LogP contribution >= 0.6 is 0 Å². The summed E-state index contributed by atoms with van der Waals surface area (Å²) in [6.45, 7) is 22.0. The fourth-order valence-electron chi connectivity index (χ4n) is 7.93. The van der Waals surface area contributed by atoms with E-state index < -0.39 is 0 Å². The summed E-state index contributed by atoms with van der Waals surface area (Å²) in [4.78, 5) is 13.6. The van der Waals surface area contributed by atoms with E-state index >= 15 is 0 Å². The molecule has 5 aromatic rings. The van der Waals surface area contributed by atoms with Crippen LogP contribution in [0.2, 0.25) is 0 Å². The summed E-state index contributed by atoms with van der Waals surface area (Å²) in [5.41, 5.74) is 13.0. The third-order valence-electron chi connectivity index (χ3n) is 11.0. The molecule has 0 aliphatic carbocycles. The van der Waals surface area contributed by atoms with Crippen molar-refractivity contribution in [3.8, 4) is 28.3 Å². The number of fused-ring (bicyclic) bond motifs is 1. The Kier molecular flexibility index (Phi) is 10.1. The Morgan fingerprint density at radius 1 is 0.902 bits per heavy atom. The number of rotatable bonds is 10. The highest BCUT2D eigenvalue weighted by Crippen LogP contribution is 2.38. The molecule has 2 saturated heterocycles. The molecule has 51 heavy (non-hydrogen) atoms. The molecule has 7 rings (SSSR count). The third kappa shape index (κ3) is 7.23. The Balaban J connectivity index is 1.16. The molecule has 0 amide bonds. The molecule has 2 atom stereocenters. The van der Waals surface area contributed by atoms with Crippen LogP contribution in [0.25, 0.3) is 50.7 Å². The van der Waals surface area contributed by atoms with Gasteiger partial charge in [0, 0.05) is 43.9 Å². The van der Waals surface area contributed by atoms with Crippen molar-refractivity contribution in [3.05, 3.63) is 111 Å². The van der Waals surface area contributed by atoms with Gasteiger partial charge in [0.25, 0.3) is 0 Å². The van der Waals surface area contributed by atoms with Crippen molar-refractivity contribution in [2.45, 2.75) is 66.2 Å². The van der Waals surface area contributed by atoms with Crippen LogP contribution in [0.1, 0.15) is 65.1 Å². The predicted molar refractivity (Wildman–Crippen MR) is 207 cm³/mol. The van der Waals surface area contributed by atoms with Crippen LogP contribution in [-0.4, -0.2) is 59.3 Å². The van der Waals surface area contributed by atoms with Gasteiger partial charge in [-0.25, -0.2) is 9.83 Å². The first kappa shape index (κ1) is 34.7. The Hall–Kier alpha value is -4.74. The first-order chi connectivity index (χ1) is 24.7. The van der Waals surface area contributed by atoms with Gasteiger partial charge in [-0.2, -0.15) is 0 Å². The molecular weight excluding hydrogens is 633 g/mol. The van der Waals surface area contributed by atoms with Crippen molar-refractivity contribution in [2.24, 2.45) is 5.92 Å². The second-order valence-electron chi connectivity index (χ2n) is 14.4. The number of hydrogen-bond donors (Lipinski definition) is 1. The number of benzene rings is 4. The number of aliphatic hydroxyl groups excluding tert-OH is 1. The molecule has 2 aliphatic heterocycles. The standard InChI is InChI=1S/C44H48N4O3/c1-7-31-16-18-47(24-31)25-32-21-40(45-5)43-41(22-32)46-44(51-43)39-13-9-12-38(30(39)4)37-11-8-10-33(29(37)3)14-15-34-23-42(50-6)35(20-28(34)2)26-48-19-17-36(49)27-48/h8-15,20-23,31,36,49H,7,16-19,24-27H2,1-4,6H3/b15-14+/t31-,36-/m1/s1. The van der Waals surface area contributed by atoms with E-state index in [9.17, 15) is 5.11 Å². The van der Waals surface area contributed by atoms with Crippen LogP contribution in [0.3, 0.4) is 0 Å². The molecule has 2 aliphatic rings. The maximum Gasteiger partial charge on any atom is 0.231 e. The summed E-state index contributed by atoms with van der Waals surface area (Å²) in [5, 5.41) is 9.98. The van der Waals surface area contributed by atoms with Crippen LogP contribution in [0.4, 0.5) is 5.69 Å². The molecule has 7 heteroatoms. The highest BCUT2D eigenvalue weighted by molar-refractivity contribution is 5.90. The van der Waals surface area contributed by atoms with E-state index in [1.807, 2.05) is 6.07 Å². The molecule has 0 saturated carbocycles. The Bertz CT molecular complexity index is 2140. The van der Waals surface area contributed by atoms with E-state index in [2.05, 4.69) is 109 Å². The Morgan fingerprint density at radius 3 is 2.35 bits per heavy atom. The molecule has 2 fully saturated rings. The highest BCUT2D eigenvalue weighted by atomic mass is 16.5. The first-order valence-corrected chi connectivity index (χ1v) is 18.2. The molecule has 0 radical (unpaired) electrons. The van der Waals surface area contributed by atoms with Gasteiger partial charge in [-0.15, -0.1) is 0 Å². The van der Waals surface area contributed by atoms with Crippen molar-refractivity contribution < 1.29 is 14.3 Å². The minimum atomic E-state index is -0.239. The van der Waals surface area contributed by atoms with E-state index in [4.69, 9.17) is 20.7 Å². The van der Waals surface area contributed by atoms with Crippen molar-refractivity contribution in [3.63, 3.8) is 0 Å².